The number of hydrogen-bond donors (Lipinski definition) is 0. The molecule has 1 heterocycles. The van der Waals surface area contributed by atoms with Crippen molar-refractivity contribution in [2.75, 3.05) is 0 Å². The molecule has 0 spiro atoms. The third-order valence-corrected chi connectivity index (χ3v) is 3.43. The summed E-state index contributed by atoms with van der Waals surface area (Å²) >= 11 is 0. The van der Waals surface area contributed by atoms with Crippen LogP contribution in [0.25, 0.3) is 5.57 Å². The molecule has 1 aliphatic rings. The Balaban J connectivity index is 2.46. The summed E-state index contributed by atoms with van der Waals surface area (Å²) in [5.41, 5.74) is 1.74. The second-order valence-corrected chi connectivity index (χ2v) is 6.12. The van der Waals surface area contributed by atoms with E-state index in [1.54, 1.807) is 32.9 Å². The van der Waals surface area contributed by atoms with E-state index >= 15 is 0 Å². The number of imide groups is 1. The van der Waals surface area contributed by atoms with Crippen LogP contribution in [0, 0.1) is 0 Å². The van der Waals surface area contributed by atoms with Gasteiger partial charge in [0.15, 0.2) is 0 Å². The molecule has 0 aliphatic carbocycles. The van der Waals surface area contributed by atoms with E-state index in [0.717, 1.165) is 11.1 Å². The largest absolute Gasteiger partial charge is 0.443 e. The van der Waals surface area contributed by atoms with Crippen LogP contribution in [0.3, 0.4) is 0 Å². The molecule has 21 heavy (non-hydrogen) atoms. The van der Waals surface area contributed by atoms with Crippen LogP contribution in [0.2, 0.25) is 0 Å². The summed E-state index contributed by atoms with van der Waals surface area (Å²) in [5, 5.41) is 0. The maximum Gasteiger partial charge on any atom is 0.417 e. The molecule has 0 bridgehead atoms. The fourth-order valence-electron chi connectivity index (χ4n) is 2.54. The van der Waals surface area contributed by atoms with Gasteiger partial charge in [0, 0.05) is 5.56 Å². The van der Waals surface area contributed by atoms with Gasteiger partial charge in [-0.1, -0.05) is 24.3 Å². The number of rotatable bonds is 0. The molecule has 0 N–H and O–H groups in total. The van der Waals surface area contributed by atoms with Gasteiger partial charge in [-0.3, -0.25) is 4.79 Å². The van der Waals surface area contributed by atoms with Crippen molar-refractivity contribution in [1.29, 1.82) is 0 Å². The standard InChI is InChI=1S/C17H21NO3/c1-6-12-11(2)18(16(20)21-17(3,4)5)15(19)14-10-8-7-9-13(12)14/h6-11H,1-5H3/b12-6-/t11-/m0/s1. The molecular weight excluding hydrogens is 266 g/mol. The lowest BCUT2D eigenvalue weighted by Gasteiger charge is -2.35. The Bertz CT molecular complexity index is 611. The van der Waals surface area contributed by atoms with Crippen LogP contribution in [-0.2, 0) is 4.74 Å². The van der Waals surface area contributed by atoms with Crippen molar-refractivity contribution in [3.05, 3.63) is 41.5 Å². The van der Waals surface area contributed by atoms with E-state index in [2.05, 4.69) is 0 Å². The van der Waals surface area contributed by atoms with E-state index in [1.807, 2.05) is 32.1 Å². The van der Waals surface area contributed by atoms with E-state index in [4.69, 9.17) is 4.74 Å². The predicted molar refractivity (Wildman–Crippen MR) is 82.0 cm³/mol. The molecule has 2 amide bonds. The summed E-state index contributed by atoms with van der Waals surface area (Å²) in [4.78, 5) is 26.2. The molecular formula is C17H21NO3. The Morgan fingerprint density at radius 2 is 1.81 bits per heavy atom. The number of carbonyl (C=O) groups excluding carboxylic acids is 2. The number of hydrogen-bond acceptors (Lipinski definition) is 3. The molecule has 0 aromatic heterocycles. The zero-order valence-corrected chi connectivity index (χ0v) is 13.1. The molecule has 1 aromatic rings. The van der Waals surface area contributed by atoms with Gasteiger partial charge in [0.25, 0.3) is 5.91 Å². The van der Waals surface area contributed by atoms with Gasteiger partial charge in [-0.15, -0.1) is 0 Å². The van der Waals surface area contributed by atoms with Crippen LogP contribution in [0.5, 0.6) is 0 Å². The summed E-state index contributed by atoms with van der Waals surface area (Å²) in [5.74, 6) is -0.307. The summed E-state index contributed by atoms with van der Waals surface area (Å²) < 4.78 is 5.36. The normalized spacial score (nSPS) is 20.4. The van der Waals surface area contributed by atoms with E-state index in [-0.39, 0.29) is 11.9 Å². The maximum atomic E-state index is 12.6. The van der Waals surface area contributed by atoms with E-state index < -0.39 is 11.7 Å². The van der Waals surface area contributed by atoms with E-state index in [0.29, 0.717) is 5.56 Å². The Morgan fingerprint density at radius 3 is 2.33 bits per heavy atom. The molecule has 0 unspecified atom stereocenters. The van der Waals surface area contributed by atoms with Crippen LogP contribution in [0.4, 0.5) is 4.79 Å². The van der Waals surface area contributed by atoms with Crippen LogP contribution in [0.1, 0.15) is 50.5 Å². The van der Waals surface area contributed by atoms with Gasteiger partial charge in [0.05, 0.1) is 6.04 Å². The van der Waals surface area contributed by atoms with Crippen molar-refractivity contribution in [2.45, 2.75) is 46.3 Å². The molecule has 1 aliphatic heterocycles. The topological polar surface area (TPSA) is 46.6 Å². The van der Waals surface area contributed by atoms with Crippen molar-refractivity contribution < 1.29 is 14.3 Å². The quantitative estimate of drug-likeness (QED) is 0.727. The first-order valence-electron chi connectivity index (χ1n) is 7.08. The van der Waals surface area contributed by atoms with Crippen molar-refractivity contribution in [1.82, 2.24) is 4.90 Å². The lowest BCUT2D eigenvalue weighted by atomic mass is 9.89. The zero-order chi connectivity index (χ0) is 15.8. The fraction of sp³-hybridized carbons (Fsp3) is 0.412. The Labute approximate surface area is 125 Å². The molecule has 0 fully saturated rings. The van der Waals surface area contributed by atoms with Crippen molar-refractivity contribution >= 4 is 17.6 Å². The smallest absolute Gasteiger partial charge is 0.417 e. The first-order chi connectivity index (χ1) is 9.76. The van der Waals surface area contributed by atoms with Gasteiger partial charge < -0.3 is 4.74 Å². The minimum atomic E-state index is -0.635. The molecule has 1 atom stereocenters. The summed E-state index contributed by atoms with van der Waals surface area (Å²) in [7, 11) is 0. The van der Waals surface area contributed by atoms with E-state index in [9.17, 15) is 9.59 Å². The third kappa shape index (κ3) is 2.84. The van der Waals surface area contributed by atoms with Crippen molar-refractivity contribution in [3.63, 3.8) is 0 Å². The Hall–Kier alpha value is -2.10. The molecule has 1 aromatic carbocycles. The predicted octanol–water partition coefficient (Wildman–Crippen LogP) is 3.87. The highest BCUT2D eigenvalue weighted by Crippen LogP contribution is 2.33. The van der Waals surface area contributed by atoms with Crippen LogP contribution >= 0.6 is 0 Å². The van der Waals surface area contributed by atoms with E-state index in [1.165, 1.54) is 4.90 Å². The van der Waals surface area contributed by atoms with Gasteiger partial charge in [0.2, 0.25) is 0 Å². The SMILES string of the molecule is C/C=C1\c2ccccc2C(=O)N(C(=O)OC(C)(C)C)[C@H]1C. The minimum absolute atomic E-state index is 0.307. The average molecular weight is 287 g/mol. The third-order valence-electron chi connectivity index (χ3n) is 3.43. The maximum absolute atomic E-state index is 12.6. The number of fused-ring (bicyclic) bond motifs is 1. The molecule has 4 heteroatoms. The molecule has 4 nitrogen and oxygen atoms in total. The summed E-state index contributed by atoms with van der Waals surface area (Å²) in [6, 6.07) is 7.00. The lowest BCUT2D eigenvalue weighted by molar-refractivity contribution is 0.0208. The summed E-state index contributed by atoms with van der Waals surface area (Å²) in [6.07, 6.45) is 1.33. The molecule has 2 rings (SSSR count). The van der Waals surface area contributed by atoms with Gasteiger partial charge in [-0.2, -0.15) is 0 Å². The highest BCUT2D eigenvalue weighted by molar-refractivity contribution is 6.10. The van der Waals surface area contributed by atoms with Crippen molar-refractivity contribution in [2.24, 2.45) is 0 Å². The number of allylic oxidation sites excluding steroid dienone is 1. The summed E-state index contributed by atoms with van der Waals surface area (Å²) in [6.45, 7) is 9.11. The number of benzene rings is 1. The Morgan fingerprint density at radius 1 is 1.24 bits per heavy atom. The van der Waals surface area contributed by atoms with Crippen LogP contribution in [-0.4, -0.2) is 28.5 Å². The monoisotopic (exact) mass is 287 g/mol. The van der Waals surface area contributed by atoms with Gasteiger partial charge >= 0.3 is 6.09 Å². The van der Waals surface area contributed by atoms with Crippen LogP contribution in [0.15, 0.2) is 30.3 Å². The molecule has 0 saturated carbocycles. The second kappa shape index (κ2) is 5.35. The second-order valence-electron chi connectivity index (χ2n) is 6.12. The van der Waals surface area contributed by atoms with Gasteiger partial charge in [-0.05, 0) is 51.8 Å². The fourth-order valence-corrected chi connectivity index (χ4v) is 2.54. The van der Waals surface area contributed by atoms with Crippen LogP contribution < -0.4 is 0 Å². The number of ether oxygens (including phenoxy) is 1. The highest BCUT2D eigenvalue weighted by atomic mass is 16.6. The highest BCUT2D eigenvalue weighted by Gasteiger charge is 2.38. The number of carbonyl (C=O) groups is 2. The van der Waals surface area contributed by atoms with Crippen molar-refractivity contribution in [3.8, 4) is 0 Å². The zero-order valence-electron chi connectivity index (χ0n) is 13.1. The molecule has 0 radical (unpaired) electrons. The first kappa shape index (κ1) is 15.3. The number of amides is 2. The average Bonchev–Trinajstić information content (AvgIpc) is 2.37. The molecule has 0 saturated heterocycles. The first-order valence-corrected chi connectivity index (χ1v) is 7.08. The lowest BCUT2D eigenvalue weighted by Crippen LogP contribution is -2.49. The Kier molecular flexibility index (Phi) is 3.90. The van der Waals surface area contributed by atoms with Gasteiger partial charge in [-0.25, -0.2) is 9.69 Å². The number of nitrogens with zero attached hydrogens (tertiary/aromatic N) is 1. The van der Waals surface area contributed by atoms with Gasteiger partial charge in [0.1, 0.15) is 5.60 Å². The molecule has 112 valence electrons. The minimum Gasteiger partial charge on any atom is -0.443 e.